The van der Waals surface area contributed by atoms with Gasteiger partial charge in [-0.3, -0.25) is 0 Å². The molecule has 0 heterocycles. The van der Waals surface area contributed by atoms with Gasteiger partial charge in [-0.2, -0.15) is 0 Å². The van der Waals surface area contributed by atoms with Crippen LogP contribution >= 0.6 is 0 Å². The van der Waals surface area contributed by atoms with E-state index < -0.39 is 0 Å². The van der Waals surface area contributed by atoms with E-state index in [2.05, 4.69) is 13.8 Å². The maximum atomic E-state index is 13.8. The second-order valence-electron chi connectivity index (χ2n) is 6.42. The van der Waals surface area contributed by atoms with Crippen molar-refractivity contribution in [3.8, 4) is 5.75 Å². The summed E-state index contributed by atoms with van der Waals surface area (Å²) in [6, 6.07) is 4.59. The van der Waals surface area contributed by atoms with Crippen LogP contribution in [0.5, 0.6) is 5.75 Å². The minimum atomic E-state index is -0.351. The van der Waals surface area contributed by atoms with E-state index >= 15 is 0 Å². The van der Waals surface area contributed by atoms with Crippen molar-refractivity contribution in [2.45, 2.75) is 58.6 Å². The largest absolute Gasteiger partial charge is 0.490 e. The molecule has 2 N–H and O–H groups in total. The van der Waals surface area contributed by atoms with Crippen molar-refractivity contribution in [2.75, 3.05) is 0 Å². The second-order valence-corrected chi connectivity index (χ2v) is 6.42. The van der Waals surface area contributed by atoms with Crippen molar-refractivity contribution in [3.05, 3.63) is 29.6 Å². The van der Waals surface area contributed by atoms with Crippen molar-refractivity contribution < 1.29 is 9.13 Å². The topological polar surface area (TPSA) is 35.2 Å². The second kappa shape index (κ2) is 5.49. The van der Waals surface area contributed by atoms with E-state index in [-0.39, 0.29) is 18.0 Å². The number of halogens is 1. The van der Waals surface area contributed by atoms with Crippen LogP contribution in [0.1, 0.15) is 58.1 Å². The molecule has 0 amide bonds. The van der Waals surface area contributed by atoms with Gasteiger partial charge in [0.1, 0.15) is 11.6 Å². The van der Waals surface area contributed by atoms with E-state index in [1.54, 1.807) is 13.0 Å². The van der Waals surface area contributed by atoms with E-state index in [4.69, 9.17) is 10.5 Å². The van der Waals surface area contributed by atoms with E-state index in [9.17, 15) is 4.39 Å². The quantitative estimate of drug-likeness (QED) is 0.889. The average molecular weight is 265 g/mol. The van der Waals surface area contributed by atoms with Crippen molar-refractivity contribution in [1.82, 2.24) is 0 Å². The van der Waals surface area contributed by atoms with E-state index in [1.807, 2.05) is 6.07 Å². The molecule has 3 heteroatoms. The van der Waals surface area contributed by atoms with Crippen molar-refractivity contribution in [2.24, 2.45) is 11.1 Å². The zero-order chi connectivity index (χ0) is 14.0. The van der Waals surface area contributed by atoms with E-state index in [0.717, 1.165) is 25.7 Å². The molecule has 0 saturated heterocycles. The molecule has 1 aromatic carbocycles. The van der Waals surface area contributed by atoms with Crippen molar-refractivity contribution in [1.29, 1.82) is 0 Å². The lowest BCUT2D eigenvalue weighted by molar-refractivity contribution is 0.0973. The predicted molar refractivity (Wildman–Crippen MR) is 75.7 cm³/mol. The lowest BCUT2D eigenvalue weighted by Crippen LogP contribution is -2.29. The first-order chi connectivity index (χ1) is 8.89. The van der Waals surface area contributed by atoms with Crippen LogP contribution in [-0.4, -0.2) is 6.10 Å². The highest BCUT2D eigenvalue weighted by Crippen LogP contribution is 2.37. The summed E-state index contributed by atoms with van der Waals surface area (Å²) in [5.41, 5.74) is 6.74. The normalized spacial score (nSPS) is 21.1. The lowest BCUT2D eigenvalue weighted by Gasteiger charge is -2.34. The molecule has 1 fully saturated rings. The molecule has 0 radical (unpaired) electrons. The first kappa shape index (κ1) is 14.3. The summed E-state index contributed by atoms with van der Waals surface area (Å²) in [4.78, 5) is 0. The molecule has 19 heavy (non-hydrogen) atoms. The molecule has 0 aliphatic heterocycles. The molecule has 1 aromatic rings. The van der Waals surface area contributed by atoms with Crippen LogP contribution in [0.4, 0.5) is 4.39 Å². The third kappa shape index (κ3) is 3.47. The molecule has 106 valence electrons. The summed E-state index contributed by atoms with van der Waals surface area (Å²) >= 11 is 0. The molecule has 1 aliphatic rings. The number of hydrogen-bond acceptors (Lipinski definition) is 2. The zero-order valence-corrected chi connectivity index (χ0v) is 12.1. The Morgan fingerprint density at radius 3 is 2.53 bits per heavy atom. The molecule has 0 bridgehead atoms. The Labute approximate surface area is 115 Å². The third-order valence-electron chi connectivity index (χ3n) is 4.05. The Balaban J connectivity index is 2.10. The van der Waals surface area contributed by atoms with Crippen LogP contribution in [0.25, 0.3) is 0 Å². The maximum Gasteiger partial charge on any atom is 0.131 e. The fraction of sp³-hybridized carbons (Fsp3) is 0.625. The minimum Gasteiger partial charge on any atom is -0.490 e. The third-order valence-corrected chi connectivity index (χ3v) is 4.05. The summed E-state index contributed by atoms with van der Waals surface area (Å²) in [6.45, 7) is 6.37. The molecule has 1 aliphatic carbocycles. The summed E-state index contributed by atoms with van der Waals surface area (Å²) < 4.78 is 19.8. The van der Waals surface area contributed by atoms with Gasteiger partial charge in [-0.1, -0.05) is 19.9 Å². The standard InChI is InChI=1S/C16H24FNO/c1-11(18)15-13(17)5-4-6-14(15)19-12-7-9-16(2,3)10-8-12/h4-6,11-12H,7-10,18H2,1-3H3/t11-/m1/s1. The average Bonchev–Trinajstić information content (AvgIpc) is 2.31. The Kier molecular flexibility index (Phi) is 4.14. The Bertz CT molecular complexity index is 432. The molecule has 0 aromatic heterocycles. The molecule has 0 spiro atoms. The van der Waals surface area contributed by atoms with Crippen molar-refractivity contribution >= 4 is 0 Å². The maximum absolute atomic E-state index is 13.8. The monoisotopic (exact) mass is 265 g/mol. The molecule has 1 atom stereocenters. The molecular formula is C16H24FNO. The highest BCUT2D eigenvalue weighted by molar-refractivity contribution is 5.37. The predicted octanol–water partition coefficient (Wildman–Crippen LogP) is 4.19. The van der Waals surface area contributed by atoms with Gasteiger partial charge in [0.2, 0.25) is 0 Å². The van der Waals surface area contributed by atoms with Gasteiger partial charge in [-0.15, -0.1) is 0 Å². The van der Waals surface area contributed by atoms with Gasteiger partial charge in [0.15, 0.2) is 0 Å². The number of hydrogen-bond donors (Lipinski definition) is 1. The number of benzene rings is 1. The van der Waals surface area contributed by atoms with Crippen LogP contribution in [0.15, 0.2) is 18.2 Å². The van der Waals surface area contributed by atoms with Gasteiger partial charge in [-0.05, 0) is 50.2 Å². The summed E-state index contributed by atoms with van der Waals surface area (Å²) in [5.74, 6) is 0.336. The van der Waals surface area contributed by atoms with Crippen molar-refractivity contribution in [3.63, 3.8) is 0 Å². The fourth-order valence-corrected chi connectivity index (χ4v) is 2.73. The number of nitrogens with two attached hydrogens (primary N) is 1. The number of ether oxygens (including phenoxy) is 1. The summed E-state index contributed by atoms with van der Waals surface area (Å²) in [6.07, 6.45) is 4.55. The molecule has 2 nitrogen and oxygen atoms in total. The molecule has 1 saturated carbocycles. The molecule has 2 rings (SSSR count). The minimum absolute atomic E-state index is 0.187. The summed E-state index contributed by atoms with van der Waals surface area (Å²) in [7, 11) is 0. The smallest absolute Gasteiger partial charge is 0.131 e. The van der Waals surface area contributed by atoms with Gasteiger partial charge in [0, 0.05) is 11.6 Å². The van der Waals surface area contributed by atoms with E-state index in [1.165, 1.54) is 6.07 Å². The fourth-order valence-electron chi connectivity index (χ4n) is 2.73. The van der Waals surface area contributed by atoms with E-state index in [0.29, 0.717) is 16.7 Å². The first-order valence-corrected chi connectivity index (χ1v) is 7.10. The van der Waals surface area contributed by atoms with Gasteiger partial charge in [0.05, 0.1) is 6.10 Å². The molecular weight excluding hydrogens is 241 g/mol. The zero-order valence-electron chi connectivity index (χ0n) is 12.1. The van der Waals surface area contributed by atoms with Gasteiger partial charge < -0.3 is 10.5 Å². The Morgan fingerprint density at radius 2 is 1.95 bits per heavy atom. The van der Waals surface area contributed by atoms with Crippen LogP contribution in [-0.2, 0) is 0 Å². The molecule has 0 unspecified atom stereocenters. The van der Waals surface area contributed by atoms with Crippen LogP contribution in [0.3, 0.4) is 0 Å². The first-order valence-electron chi connectivity index (χ1n) is 7.10. The highest BCUT2D eigenvalue weighted by Gasteiger charge is 2.28. The lowest BCUT2D eigenvalue weighted by atomic mass is 9.76. The van der Waals surface area contributed by atoms with Crippen LogP contribution in [0.2, 0.25) is 0 Å². The SMILES string of the molecule is C[C@@H](N)c1c(F)cccc1OC1CCC(C)(C)CC1. The highest BCUT2D eigenvalue weighted by atomic mass is 19.1. The summed E-state index contributed by atoms with van der Waals surface area (Å²) in [5, 5.41) is 0. The Hall–Kier alpha value is -1.09. The number of rotatable bonds is 3. The van der Waals surface area contributed by atoms with Gasteiger partial charge >= 0.3 is 0 Å². The van der Waals surface area contributed by atoms with Crippen LogP contribution < -0.4 is 10.5 Å². The van der Waals surface area contributed by atoms with Gasteiger partial charge in [-0.25, -0.2) is 4.39 Å². The van der Waals surface area contributed by atoms with Crippen LogP contribution in [0, 0.1) is 11.2 Å². The Morgan fingerprint density at radius 1 is 1.32 bits per heavy atom. The van der Waals surface area contributed by atoms with Gasteiger partial charge in [0.25, 0.3) is 0 Å².